The molecule has 3 nitrogen and oxygen atoms in total. The van der Waals surface area contributed by atoms with Crippen LogP contribution in [0.4, 0.5) is 0 Å². The molecule has 1 aromatic heterocycles. The number of halogens is 1. The van der Waals surface area contributed by atoms with Crippen molar-refractivity contribution < 1.29 is 4.74 Å². The normalized spacial score (nSPS) is 13.0. The van der Waals surface area contributed by atoms with Crippen LogP contribution >= 0.6 is 25.0 Å². The molecule has 25 heavy (non-hydrogen) atoms. The molecule has 0 bridgehead atoms. The molecule has 0 radical (unpaired) electrons. The Labute approximate surface area is 160 Å². The van der Waals surface area contributed by atoms with Crippen LogP contribution in [0.15, 0.2) is 66.9 Å². The monoisotopic (exact) mass is 374 g/mol. The zero-order chi connectivity index (χ0) is 16.8. The van der Waals surface area contributed by atoms with Gasteiger partial charge in [0.15, 0.2) is 0 Å². The smallest absolute Gasteiger partial charge is 0.123 e. The number of benzene rings is 2. The first kappa shape index (κ1) is 19.6. The lowest BCUT2D eigenvalue weighted by molar-refractivity contribution is 0.133. The highest BCUT2D eigenvalue weighted by Gasteiger charge is 2.19. The van der Waals surface area contributed by atoms with E-state index in [0.29, 0.717) is 0 Å². The molecule has 0 amide bonds. The van der Waals surface area contributed by atoms with Gasteiger partial charge >= 0.3 is 0 Å². The molecule has 0 spiro atoms. The van der Waals surface area contributed by atoms with E-state index in [1.54, 1.807) is 7.11 Å². The molecule has 0 aliphatic heterocycles. The van der Waals surface area contributed by atoms with Gasteiger partial charge in [0.25, 0.3) is 0 Å². The maximum absolute atomic E-state index is 5.68. The average molecular weight is 375 g/mol. The molecule has 0 aliphatic rings. The van der Waals surface area contributed by atoms with Crippen LogP contribution in [-0.4, -0.2) is 22.8 Å². The van der Waals surface area contributed by atoms with Crippen molar-refractivity contribution in [2.45, 2.75) is 18.4 Å². The molecule has 0 aliphatic carbocycles. The lowest BCUT2D eigenvalue weighted by Crippen LogP contribution is -2.08. The van der Waals surface area contributed by atoms with Gasteiger partial charge in [-0.3, -0.25) is 0 Å². The topological polar surface area (TPSA) is 37.9 Å². The van der Waals surface area contributed by atoms with Crippen molar-refractivity contribution in [1.82, 2.24) is 9.97 Å². The number of ether oxygens (including phenoxy) is 1. The van der Waals surface area contributed by atoms with E-state index < -0.39 is 0 Å². The highest BCUT2D eigenvalue weighted by atomic mass is 35.5. The number of nitrogens with one attached hydrogen (secondary N) is 1. The second kappa shape index (κ2) is 9.66. The maximum atomic E-state index is 5.68. The Kier molecular flexibility index (Phi) is 7.56. The number of hydrogen-bond acceptors (Lipinski definition) is 3. The number of imidazole rings is 1. The van der Waals surface area contributed by atoms with Crippen molar-refractivity contribution in [2.75, 3.05) is 12.9 Å². The molecule has 0 saturated heterocycles. The molecule has 1 N–H and O–H groups in total. The third-order valence-electron chi connectivity index (χ3n) is 4.17. The van der Waals surface area contributed by atoms with E-state index in [0.717, 1.165) is 29.3 Å². The first-order valence-electron chi connectivity index (χ1n) is 8.09. The maximum Gasteiger partial charge on any atom is 0.123 e. The van der Waals surface area contributed by atoms with Crippen molar-refractivity contribution in [1.29, 1.82) is 0 Å². The predicted molar refractivity (Wildman–Crippen MR) is 108 cm³/mol. The van der Waals surface area contributed by atoms with Gasteiger partial charge in [0.05, 0.1) is 11.9 Å². The van der Waals surface area contributed by atoms with Gasteiger partial charge in [-0.1, -0.05) is 60.7 Å². The molecule has 3 rings (SSSR count). The summed E-state index contributed by atoms with van der Waals surface area (Å²) in [4.78, 5) is 8.04. The molecule has 0 saturated carbocycles. The summed E-state index contributed by atoms with van der Waals surface area (Å²) >= 11 is 4.52. The van der Waals surface area contributed by atoms with Gasteiger partial charge in [-0.15, -0.1) is 12.4 Å². The van der Waals surface area contributed by atoms with Gasteiger partial charge in [0.1, 0.15) is 11.9 Å². The third kappa shape index (κ3) is 4.88. The number of methoxy groups -OCH3 is 1. The zero-order valence-electron chi connectivity index (χ0n) is 14.1. The van der Waals surface area contributed by atoms with Gasteiger partial charge in [-0.25, -0.2) is 4.98 Å². The van der Waals surface area contributed by atoms with E-state index in [1.165, 1.54) is 5.56 Å². The largest absolute Gasteiger partial charge is 0.370 e. The lowest BCUT2D eigenvalue weighted by Gasteiger charge is -2.15. The van der Waals surface area contributed by atoms with Gasteiger partial charge in [0.2, 0.25) is 0 Å². The molecule has 2 aromatic carbocycles. The van der Waals surface area contributed by atoms with E-state index in [2.05, 4.69) is 59.0 Å². The molecule has 3 aromatic rings. The van der Waals surface area contributed by atoms with Gasteiger partial charge < -0.3 is 9.72 Å². The number of aromatic nitrogens is 2. The Morgan fingerprint density at radius 2 is 1.68 bits per heavy atom. The third-order valence-corrected chi connectivity index (χ3v) is 4.61. The molecule has 1 heterocycles. The molecular formula is C20H23ClN2OS. The number of thiol groups is 1. The van der Waals surface area contributed by atoms with Crippen LogP contribution in [0.3, 0.4) is 0 Å². The Morgan fingerprint density at radius 1 is 1.04 bits per heavy atom. The van der Waals surface area contributed by atoms with Crippen LogP contribution in [-0.2, 0) is 11.2 Å². The van der Waals surface area contributed by atoms with E-state index in [-0.39, 0.29) is 24.4 Å². The summed E-state index contributed by atoms with van der Waals surface area (Å²) in [5.41, 5.74) is 3.38. The zero-order valence-corrected chi connectivity index (χ0v) is 15.8. The van der Waals surface area contributed by atoms with Gasteiger partial charge in [-0.05, 0) is 17.5 Å². The summed E-state index contributed by atoms with van der Waals surface area (Å²) in [5, 5.41) is 0. The summed E-state index contributed by atoms with van der Waals surface area (Å²) in [6, 6.07) is 20.6. The van der Waals surface area contributed by atoms with Crippen molar-refractivity contribution in [3.63, 3.8) is 0 Å². The fourth-order valence-electron chi connectivity index (χ4n) is 2.91. The highest BCUT2D eigenvalue weighted by molar-refractivity contribution is 7.80. The minimum absolute atomic E-state index is 0. The van der Waals surface area contributed by atoms with E-state index in [9.17, 15) is 0 Å². The Hall–Kier alpha value is -1.75. The Bertz CT molecular complexity index is 749. The van der Waals surface area contributed by atoms with E-state index in [1.807, 2.05) is 30.5 Å². The molecule has 0 unspecified atom stereocenters. The van der Waals surface area contributed by atoms with Crippen molar-refractivity contribution in [2.24, 2.45) is 0 Å². The predicted octanol–water partition coefficient (Wildman–Crippen LogP) is 4.82. The number of hydrogen-bond donors (Lipinski definition) is 2. The Balaban J connectivity index is 0.00000225. The lowest BCUT2D eigenvalue weighted by atomic mass is 10.0. The number of nitrogens with zero attached hydrogens (tertiary/aromatic N) is 1. The summed E-state index contributed by atoms with van der Waals surface area (Å²) in [6.45, 7) is 0. The average Bonchev–Trinajstić information content (AvgIpc) is 3.12. The summed E-state index contributed by atoms with van der Waals surface area (Å²) in [6.07, 6.45) is 2.66. The number of aromatic amines is 1. The molecule has 0 fully saturated rings. The second-order valence-electron chi connectivity index (χ2n) is 5.82. The van der Waals surface area contributed by atoms with Crippen molar-refractivity contribution >= 4 is 25.0 Å². The van der Waals surface area contributed by atoms with Gasteiger partial charge in [-0.2, -0.15) is 12.6 Å². The van der Waals surface area contributed by atoms with Crippen LogP contribution in [0.2, 0.25) is 0 Å². The first-order valence-corrected chi connectivity index (χ1v) is 8.72. The fraction of sp³-hybridized carbons (Fsp3) is 0.250. The minimum Gasteiger partial charge on any atom is -0.370 e. The quantitative estimate of drug-likeness (QED) is 0.581. The van der Waals surface area contributed by atoms with Crippen LogP contribution < -0.4 is 0 Å². The highest BCUT2D eigenvalue weighted by Crippen LogP contribution is 2.26. The molecular weight excluding hydrogens is 352 g/mol. The SMILES string of the molecule is CO[C@@H](c1ccccc1)c1cnc([C@@H](CS)Cc2ccccc2)[nH]1.Cl. The molecule has 2 atom stereocenters. The van der Waals surface area contributed by atoms with Crippen LogP contribution in [0.5, 0.6) is 0 Å². The molecule has 132 valence electrons. The number of H-pyrrole nitrogens is 1. The summed E-state index contributed by atoms with van der Waals surface area (Å²) in [5.74, 6) is 1.95. The fourth-order valence-corrected chi connectivity index (χ4v) is 3.21. The second-order valence-corrected chi connectivity index (χ2v) is 6.18. The summed E-state index contributed by atoms with van der Waals surface area (Å²) in [7, 11) is 1.72. The molecule has 5 heteroatoms. The standard InChI is InChI=1S/C20H22N2OS.ClH/c1-23-19(16-10-6-3-7-11-16)18-13-21-20(22-18)17(14-24)12-15-8-4-2-5-9-15;/h2-11,13,17,19,24H,12,14H2,1H3,(H,21,22);1H/t17-,19+;/m1./s1. The van der Waals surface area contributed by atoms with E-state index in [4.69, 9.17) is 4.74 Å². The van der Waals surface area contributed by atoms with Crippen LogP contribution in [0.1, 0.15) is 34.7 Å². The van der Waals surface area contributed by atoms with Crippen LogP contribution in [0, 0.1) is 0 Å². The Morgan fingerprint density at radius 3 is 2.28 bits per heavy atom. The summed E-state index contributed by atoms with van der Waals surface area (Å²) < 4.78 is 5.68. The first-order chi connectivity index (χ1) is 11.8. The van der Waals surface area contributed by atoms with E-state index >= 15 is 0 Å². The van der Waals surface area contributed by atoms with Gasteiger partial charge in [0, 0.05) is 18.8 Å². The minimum atomic E-state index is -0.134. The van der Waals surface area contributed by atoms with Crippen molar-refractivity contribution in [3.8, 4) is 0 Å². The van der Waals surface area contributed by atoms with Crippen LogP contribution in [0.25, 0.3) is 0 Å². The number of rotatable bonds is 7. The van der Waals surface area contributed by atoms with Crippen molar-refractivity contribution in [3.05, 3.63) is 89.5 Å².